The fourth-order valence-electron chi connectivity index (χ4n) is 4.39. The number of anilines is 1. The van der Waals surface area contributed by atoms with E-state index in [-0.39, 0.29) is 43.8 Å². The number of hydrogen-bond donors (Lipinski definition) is 1. The molecule has 3 rings (SSSR count). The van der Waals surface area contributed by atoms with Gasteiger partial charge in [0.15, 0.2) is 0 Å². The van der Waals surface area contributed by atoms with Gasteiger partial charge < -0.3 is 10.2 Å². The second kappa shape index (κ2) is 15.0. The molecular weight excluding hydrogens is 565 g/mol. The second-order valence-corrected chi connectivity index (χ2v) is 12.4. The Labute approximate surface area is 247 Å². The van der Waals surface area contributed by atoms with Crippen molar-refractivity contribution in [3.8, 4) is 0 Å². The molecule has 0 heterocycles. The topological polar surface area (TPSA) is 86.8 Å². The number of amides is 2. The Balaban J connectivity index is 1.88. The van der Waals surface area contributed by atoms with Crippen molar-refractivity contribution in [2.75, 3.05) is 17.1 Å². The molecule has 0 fully saturated rings. The third-order valence-electron chi connectivity index (χ3n) is 6.81. The van der Waals surface area contributed by atoms with Gasteiger partial charge in [-0.2, -0.15) is 0 Å². The summed E-state index contributed by atoms with van der Waals surface area (Å²) in [5, 5.41) is 3.59. The summed E-state index contributed by atoms with van der Waals surface area (Å²) in [4.78, 5) is 29.0. The Morgan fingerprint density at radius 1 is 0.951 bits per heavy atom. The van der Waals surface area contributed by atoms with Gasteiger partial charge in [-0.25, -0.2) is 12.8 Å². The highest BCUT2D eigenvalue weighted by molar-refractivity contribution is 7.92. The molecule has 0 aliphatic heterocycles. The van der Waals surface area contributed by atoms with Crippen LogP contribution in [-0.4, -0.2) is 50.0 Å². The minimum atomic E-state index is -3.68. The van der Waals surface area contributed by atoms with Gasteiger partial charge in [-0.15, -0.1) is 0 Å². The van der Waals surface area contributed by atoms with Gasteiger partial charge in [0.1, 0.15) is 11.9 Å². The van der Waals surface area contributed by atoms with Gasteiger partial charge in [0.2, 0.25) is 21.8 Å². The van der Waals surface area contributed by atoms with E-state index >= 15 is 0 Å². The molecular formula is C31H37ClFN3O4S. The van der Waals surface area contributed by atoms with Gasteiger partial charge >= 0.3 is 0 Å². The Morgan fingerprint density at radius 3 is 2.17 bits per heavy atom. The van der Waals surface area contributed by atoms with E-state index in [9.17, 15) is 22.4 Å². The van der Waals surface area contributed by atoms with Crippen molar-refractivity contribution in [1.82, 2.24) is 10.2 Å². The molecule has 0 unspecified atom stereocenters. The van der Waals surface area contributed by atoms with E-state index in [1.54, 1.807) is 17.0 Å². The van der Waals surface area contributed by atoms with E-state index in [1.807, 2.05) is 56.3 Å². The van der Waals surface area contributed by atoms with Crippen LogP contribution in [0.4, 0.5) is 10.1 Å². The SMILES string of the molecule is CC[C@@H](C)NC(=O)[C@H](Cc1ccccc1)N(Cc1ccc(Cl)cc1)C(=O)CCCN(c1ccc(F)cc1)S(C)(=O)=O. The molecule has 7 nitrogen and oxygen atoms in total. The largest absolute Gasteiger partial charge is 0.352 e. The Hall–Kier alpha value is -3.43. The van der Waals surface area contributed by atoms with Gasteiger partial charge in [0, 0.05) is 37.0 Å². The van der Waals surface area contributed by atoms with Crippen molar-refractivity contribution in [2.24, 2.45) is 0 Å². The summed E-state index contributed by atoms with van der Waals surface area (Å²) in [5.74, 6) is -1.02. The number of rotatable bonds is 14. The first-order chi connectivity index (χ1) is 19.5. The molecule has 2 atom stereocenters. The van der Waals surface area contributed by atoms with Crippen LogP contribution >= 0.6 is 11.6 Å². The fourth-order valence-corrected chi connectivity index (χ4v) is 5.48. The van der Waals surface area contributed by atoms with E-state index in [4.69, 9.17) is 11.6 Å². The normalized spacial score (nSPS) is 12.8. The Bertz CT molecular complexity index is 1390. The van der Waals surface area contributed by atoms with Crippen molar-refractivity contribution in [1.29, 1.82) is 0 Å². The van der Waals surface area contributed by atoms with E-state index in [0.717, 1.165) is 28.1 Å². The zero-order valence-corrected chi connectivity index (χ0v) is 25.2. The van der Waals surface area contributed by atoms with Crippen molar-refractivity contribution < 1.29 is 22.4 Å². The standard InChI is InChI=1S/C31H37ClFN3O4S/c1-4-23(2)34-31(38)29(21-24-9-6-5-7-10-24)35(22-25-12-14-26(32)15-13-25)30(37)11-8-20-36(41(3,39)40)28-18-16-27(33)17-19-28/h5-7,9-10,12-19,23,29H,4,8,11,20-22H2,1-3H3,(H,34,38)/t23-,29+/m1/s1. The highest BCUT2D eigenvalue weighted by Crippen LogP contribution is 2.21. The van der Waals surface area contributed by atoms with Gasteiger partial charge in [-0.1, -0.05) is 61.0 Å². The van der Waals surface area contributed by atoms with Crippen LogP contribution in [0.15, 0.2) is 78.9 Å². The van der Waals surface area contributed by atoms with Crippen molar-refractivity contribution in [3.63, 3.8) is 0 Å². The lowest BCUT2D eigenvalue weighted by atomic mass is 10.0. The maximum Gasteiger partial charge on any atom is 0.243 e. The average Bonchev–Trinajstić information content (AvgIpc) is 2.94. The lowest BCUT2D eigenvalue weighted by molar-refractivity contribution is -0.141. The van der Waals surface area contributed by atoms with E-state index in [2.05, 4.69) is 5.32 Å². The quantitative estimate of drug-likeness (QED) is 0.261. The van der Waals surface area contributed by atoms with Crippen LogP contribution in [0.3, 0.4) is 0 Å². The van der Waals surface area contributed by atoms with Crippen molar-refractivity contribution in [3.05, 3.63) is 101 Å². The molecule has 0 saturated heterocycles. The first-order valence-corrected chi connectivity index (χ1v) is 15.8. The molecule has 10 heteroatoms. The summed E-state index contributed by atoms with van der Waals surface area (Å²) in [5.41, 5.74) is 2.03. The number of carbonyl (C=O) groups excluding carboxylic acids is 2. The molecule has 3 aromatic rings. The summed E-state index contributed by atoms with van der Waals surface area (Å²) in [7, 11) is -3.68. The molecule has 0 spiro atoms. The number of hydrogen-bond acceptors (Lipinski definition) is 4. The number of nitrogens with zero attached hydrogens (tertiary/aromatic N) is 2. The summed E-state index contributed by atoms with van der Waals surface area (Å²) in [6.07, 6.45) is 2.32. The second-order valence-electron chi connectivity index (χ2n) is 10.1. The van der Waals surface area contributed by atoms with Crippen LogP contribution in [0, 0.1) is 5.82 Å². The molecule has 0 radical (unpaired) electrons. The van der Waals surface area contributed by atoms with Crippen LogP contribution in [0.5, 0.6) is 0 Å². The molecule has 0 aliphatic rings. The molecule has 0 bridgehead atoms. The number of carbonyl (C=O) groups is 2. The van der Waals surface area contributed by atoms with Gasteiger partial charge in [-0.3, -0.25) is 13.9 Å². The summed E-state index contributed by atoms with van der Waals surface area (Å²) >= 11 is 6.08. The van der Waals surface area contributed by atoms with Crippen LogP contribution in [-0.2, 0) is 32.6 Å². The smallest absolute Gasteiger partial charge is 0.243 e. The predicted octanol–water partition coefficient (Wildman–Crippen LogP) is 5.58. The Kier molecular flexibility index (Phi) is 11.7. The minimum Gasteiger partial charge on any atom is -0.352 e. The first-order valence-electron chi connectivity index (χ1n) is 13.6. The van der Waals surface area contributed by atoms with Crippen molar-refractivity contribution in [2.45, 2.75) is 58.2 Å². The molecule has 0 aromatic heterocycles. The predicted molar refractivity (Wildman–Crippen MR) is 162 cm³/mol. The molecule has 41 heavy (non-hydrogen) atoms. The Morgan fingerprint density at radius 2 is 1.59 bits per heavy atom. The third kappa shape index (κ3) is 9.86. The molecule has 1 N–H and O–H groups in total. The highest BCUT2D eigenvalue weighted by Gasteiger charge is 2.31. The van der Waals surface area contributed by atoms with Crippen molar-refractivity contribution >= 4 is 39.1 Å². The van der Waals surface area contributed by atoms with E-state index in [1.165, 1.54) is 24.3 Å². The molecule has 0 saturated carbocycles. The fraction of sp³-hybridized carbons (Fsp3) is 0.355. The highest BCUT2D eigenvalue weighted by atomic mass is 35.5. The van der Waals surface area contributed by atoms with Crippen LogP contribution < -0.4 is 9.62 Å². The number of nitrogens with one attached hydrogen (secondary N) is 1. The summed E-state index contributed by atoms with van der Waals surface area (Å²) < 4.78 is 39.6. The lowest BCUT2D eigenvalue weighted by Gasteiger charge is -2.32. The van der Waals surface area contributed by atoms with Gasteiger partial charge in [0.25, 0.3) is 0 Å². The van der Waals surface area contributed by atoms with Gasteiger partial charge in [-0.05, 0) is 67.3 Å². The van der Waals surface area contributed by atoms with Crippen LogP contribution in [0.1, 0.15) is 44.2 Å². The van der Waals surface area contributed by atoms with E-state index < -0.39 is 21.9 Å². The number of sulfonamides is 1. The van der Waals surface area contributed by atoms with Crippen LogP contribution in [0.25, 0.3) is 0 Å². The average molecular weight is 602 g/mol. The zero-order valence-electron chi connectivity index (χ0n) is 23.6. The number of benzene rings is 3. The third-order valence-corrected chi connectivity index (χ3v) is 8.25. The van der Waals surface area contributed by atoms with Crippen LogP contribution in [0.2, 0.25) is 5.02 Å². The zero-order chi connectivity index (χ0) is 30.0. The maximum atomic E-state index is 13.8. The summed E-state index contributed by atoms with van der Waals surface area (Å²) in [6, 6.07) is 20.9. The molecule has 220 valence electrons. The number of halogens is 2. The molecule has 3 aromatic carbocycles. The first kappa shape index (κ1) is 32.1. The molecule has 0 aliphatic carbocycles. The minimum absolute atomic E-state index is 0.00268. The van der Waals surface area contributed by atoms with E-state index in [0.29, 0.717) is 17.1 Å². The molecule has 2 amide bonds. The lowest BCUT2D eigenvalue weighted by Crippen LogP contribution is -2.52. The summed E-state index contributed by atoms with van der Waals surface area (Å²) in [6.45, 7) is 4.09. The van der Waals surface area contributed by atoms with Gasteiger partial charge in [0.05, 0.1) is 11.9 Å². The maximum absolute atomic E-state index is 13.8. The monoisotopic (exact) mass is 601 g/mol.